The Kier molecular flexibility index (Phi) is 2.78. The van der Waals surface area contributed by atoms with Crippen molar-refractivity contribution < 1.29 is 0 Å². The Bertz CT molecular complexity index is 447. The van der Waals surface area contributed by atoms with Gasteiger partial charge >= 0.3 is 0 Å². The summed E-state index contributed by atoms with van der Waals surface area (Å²) in [5.74, 6) is 0.683. The predicted octanol–water partition coefficient (Wildman–Crippen LogP) is 4.08. The van der Waals surface area contributed by atoms with E-state index >= 15 is 0 Å². The van der Waals surface area contributed by atoms with Crippen molar-refractivity contribution in [1.29, 1.82) is 5.26 Å². The van der Waals surface area contributed by atoms with E-state index < -0.39 is 0 Å². The lowest BCUT2D eigenvalue weighted by molar-refractivity contribution is 0.569. The van der Waals surface area contributed by atoms with Crippen LogP contribution in [0.3, 0.4) is 0 Å². The monoisotopic (exact) mass is 227 g/mol. The van der Waals surface area contributed by atoms with Crippen molar-refractivity contribution in [1.82, 2.24) is 0 Å². The number of rotatable bonds is 3. The number of nitrogens with zero attached hydrogens (tertiary/aromatic N) is 1. The minimum atomic E-state index is -0.233. The summed E-state index contributed by atoms with van der Waals surface area (Å²) < 4.78 is 0. The van der Waals surface area contributed by atoms with Gasteiger partial charge in [0.2, 0.25) is 0 Å². The van der Waals surface area contributed by atoms with Gasteiger partial charge in [-0.1, -0.05) is 52.0 Å². The van der Waals surface area contributed by atoms with Crippen LogP contribution in [0, 0.1) is 22.7 Å². The van der Waals surface area contributed by atoms with Gasteiger partial charge in [0.15, 0.2) is 0 Å². The van der Waals surface area contributed by atoms with Crippen molar-refractivity contribution >= 4 is 0 Å². The van der Waals surface area contributed by atoms with Gasteiger partial charge in [-0.25, -0.2) is 0 Å². The third-order valence-electron chi connectivity index (χ3n) is 4.02. The maximum absolute atomic E-state index is 9.41. The smallest absolute Gasteiger partial charge is 0.0879 e. The summed E-state index contributed by atoms with van der Waals surface area (Å²) in [4.78, 5) is 0. The molecule has 0 aromatic heterocycles. The van der Waals surface area contributed by atoms with E-state index in [1.54, 1.807) is 0 Å². The van der Waals surface area contributed by atoms with Gasteiger partial charge in [-0.3, -0.25) is 0 Å². The molecule has 17 heavy (non-hydrogen) atoms. The number of hydrogen-bond acceptors (Lipinski definition) is 1. The fourth-order valence-electron chi connectivity index (χ4n) is 2.76. The third-order valence-corrected chi connectivity index (χ3v) is 4.02. The summed E-state index contributed by atoms with van der Waals surface area (Å²) in [5, 5.41) is 9.41. The first kappa shape index (κ1) is 12.2. The maximum atomic E-state index is 9.41. The Balaban J connectivity index is 2.23. The minimum Gasteiger partial charge on any atom is -0.197 e. The van der Waals surface area contributed by atoms with Crippen LogP contribution in [0.25, 0.3) is 0 Å². The molecule has 1 nitrogen and oxygen atoms in total. The molecule has 1 aliphatic carbocycles. The fraction of sp³-hybridized carbons (Fsp3) is 0.562. The van der Waals surface area contributed by atoms with Gasteiger partial charge in [0.1, 0.15) is 0 Å². The third kappa shape index (κ3) is 1.97. The van der Waals surface area contributed by atoms with E-state index in [0.717, 1.165) is 12.8 Å². The Labute approximate surface area is 104 Å². The zero-order chi connectivity index (χ0) is 12.7. The van der Waals surface area contributed by atoms with Crippen molar-refractivity contribution in [2.75, 3.05) is 0 Å². The molecule has 0 saturated heterocycles. The van der Waals surface area contributed by atoms with Crippen LogP contribution < -0.4 is 0 Å². The molecule has 1 saturated carbocycles. The van der Waals surface area contributed by atoms with E-state index in [4.69, 9.17) is 0 Å². The molecule has 1 fully saturated rings. The first-order chi connectivity index (χ1) is 7.91. The molecule has 0 N–H and O–H groups in total. The fourth-order valence-corrected chi connectivity index (χ4v) is 2.76. The van der Waals surface area contributed by atoms with Gasteiger partial charge in [0.05, 0.1) is 11.5 Å². The van der Waals surface area contributed by atoms with Crippen LogP contribution in [0.1, 0.15) is 45.2 Å². The molecule has 0 aliphatic heterocycles. The topological polar surface area (TPSA) is 23.8 Å². The highest BCUT2D eigenvalue weighted by Gasteiger charge is 2.62. The van der Waals surface area contributed by atoms with Crippen LogP contribution in [0.2, 0.25) is 0 Å². The molecule has 0 bridgehead atoms. The molecule has 0 radical (unpaired) electrons. The molecule has 1 heteroatoms. The molecule has 0 spiro atoms. The van der Waals surface area contributed by atoms with Gasteiger partial charge in [-0.15, -0.1) is 0 Å². The van der Waals surface area contributed by atoms with Gasteiger partial charge in [0.25, 0.3) is 0 Å². The summed E-state index contributed by atoms with van der Waals surface area (Å²) in [7, 11) is 0. The van der Waals surface area contributed by atoms with Crippen molar-refractivity contribution in [2.24, 2.45) is 11.3 Å². The standard InChI is InChI=1S/C16H21N/c1-12(2)9-13-5-7-14(8-6-13)16(11-17)10-15(16,3)4/h5-8,12H,9-10H2,1-4H3. The van der Waals surface area contributed by atoms with Crippen molar-refractivity contribution in [2.45, 2.75) is 46.0 Å². The lowest BCUT2D eigenvalue weighted by atomic mass is 9.88. The molecule has 1 aliphatic rings. The zero-order valence-corrected chi connectivity index (χ0v) is 11.2. The summed E-state index contributed by atoms with van der Waals surface area (Å²) in [6, 6.07) is 11.2. The Hall–Kier alpha value is -1.29. The molecule has 90 valence electrons. The zero-order valence-electron chi connectivity index (χ0n) is 11.2. The van der Waals surface area contributed by atoms with Gasteiger partial charge in [0, 0.05) is 0 Å². The Morgan fingerprint density at radius 2 is 1.76 bits per heavy atom. The lowest BCUT2D eigenvalue weighted by Crippen LogP contribution is -2.11. The second-order valence-corrected chi connectivity index (χ2v) is 6.37. The molecule has 0 heterocycles. The van der Waals surface area contributed by atoms with Crippen LogP contribution in [-0.4, -0.2) is 0 Å². The normalized spacial score (nSPS) is 25.6. The van der Waals surface area contributed by atoms with Crippen LogP contribution in [0.5, 0.6) is 0 Å². The SMILES string of the molecule is CC(C)Cc1ccc(C2(C#N)CC2(C)C)cc1. The predicted molar refractivity (Wildman–Crippen MR) is 70.7 cm³/mol. The molecule has 1 aromatic rings. The molecule has 1 unspecified atom stereocenters. The average molecular weight is 227 g/mol. The van der Waals surface area contributed by atoms with Crippen LogP contribution >= 0.6 is 0 Å². The molecule has 1 atom stereocenters. The van der Waals surface area contributed by atoms with E-state index in [2.05, 4.69) is 58.0 Å². The number of nitriles is 1. The van der Waals surface area contributed by atoms with E-state index in [-0.39, 0.29) is 10.8 Å². The molecule has 0 amide bonds. The first-order valence-corrected chi connectivity index (χ1v) is 6.42. The molecule has 1 aromatic carbocycles. The second kappa shape index (κ2) is 3.88. The summed E-state index contributed by atoms with van der Waals surface area (Å²) in [5.41, 5.74) is 2.47. The van der Waals surface area contributed by atoms with Gasteiger partial charge in [-0.05, 0) is 35.3 Å². The Morgan fingerprint density at radius 3 is 2.12 bits per heavy atom. The van der Waals surface area contributed by atoms with Crippen LogP contribution in [0.4, 0.5) is 0 Å². The van der Waals surface area contributed by atoms with Crippen LogP contribution in [-0.2, 0) is 11.8 Å². The molecular weight excluding hydrogens is 206 g/mol. The van der Waals surface area contributed by atoms with Crippen molar-refractivity contribution in [3.8, 4) is 6.07 Å². The molecular formula is C16H21N. The van der Waals surface area contributed by atoms with Crippen LogP contribution in [0.15, 0.2) is 24.3 Å². The van der Waals surface area contributed by atoms with Gasteiger partial charge in [-0.2, -0.15) is 5.26 Å². The van der Waals surface area contributed by atoms with E-state index in [9.17, 15) is 5.26 Å². The molecule has 2 rings (SSSR count). The van der Waals surface area contributed by atoms with Crippen molar-refractivity contribution in [3.05, 3.63) is 35.4 Å². The first-order valence-electron chi connectivity index (χ1n) is 6.42. The highest BCUT2D eigenvalue weighted by molar-refractivity contribution is 5.45. The van der Waals surface area contributed by atoms with Crippen molar-refractivity contribution in [3.63, 3.8) is 0 Å². The summed E-state index contributed by atoms with van der Waals surface area (Å²) in [6.07, 6.45) is 2.10. The highest BCUT2D eigenvalue weighted by atomic mass is 14.6. The number of hydrogen-bond donors (Lipinski definition) is 0. The summed E-state index contributed by atoms with van der Waals surface area (Å²) >= 11 is 0. The number of benzene rings is 1. The minimum absolute atomic E-state index is 0.140. The second-order valence-electron chi connectivity index (χ2n) is 6.37. The lowest BCUT2D eigenvalue weighted by Gasteiger charge is -2.13. The van der Waals surface area contributed by atoms with E-state index in [1.165, 1.54) is 11.1 Å². The highest BCUT2D eigenvalue weighted by Crippen LogP contribution is 2.63. The maximum Gasteiger partial charge on any atom is 0.0879 e. The Morgan fingerprint density at radius 1 is 1.24 bits per heavy atom. The van der Waals surface area contributed by atoms with Gasteiger partial charge < -0.3 is 0 Å². The summed E-state index contributed by atoms with van der Waals surface area (Å²) in [6.45, 7) is 8.82. The average Bonchev–Trinajstić information content (AvgIpc) is 2.82. The largest absolute Gasteiger partial charge is 0.197 e. The quantitative estimate of drug-likeness (QED) is 0.763. The van der Waals surface area contributed by atoms with E-state index in [1.807, 2.05) is 0 Å². The van der Waals surface area contributed by atoms with E-state index in [0.29, 0.717) is 5.92 Å².